The Balaban J connectivity index is 2.07. The average Bonchev–Trinajstić information content (AvgIpc) is 2.93. The molecular weight excluding hydrogens is 266 g/mol. The highest BCUT2D eigenvalue weighted by atomic mass is 16.3. The third-order valence-corrected chi connectivity index (χ3v) is 4.47. The second-order valence-corrected chi connectivity index (χ2v) is 5.89. The fourth-order valence-electron chi connectivity index (χ4n) is 3.14. The van der Waals surface area contributed by atoms with Crippen molar-refractivity contribution >= 4 is 5.91 Å². The molecule has 2 atom stereocenters. The topological polar surface area (TPSA) is 71.5 Å². The smallest absolute Gasteiger partial charge is 0.222 e. The molecule has 1 aliphatic heterocycles. The van der Waals surface area contributed by atoms with E-state index >= 15 is 0 Å². The highest BCUT2D eigenvalue weighted by Crippen LogP contribution is 2.31. The van der Waals surface area contributed by atoms with Gasteiger partial charge in [-0.1, -0.05) is 6.92 Å². The van der Waals surface area contributed by atoms with Crippen molar-refractivity contribution in [2.75, 3.05) is 20.1 Å². The number of amides is 1. The van der Waals surface area contributed by atoms with Gasteiger partial charge in [-0.25, -0.2) is 0 Å². The third kappa shape index (κ3) is 3.66. The molecule has 0 bridgehead atoms. The Labute approximate surface area is 126 Å². The van der Waals surface area contributed by atoms with Gasteiger partial charge in [0, 0.05) is 19.0 Å². The van der Waals surface area contributed by atoms with Gasteiger partial charge in [-0.15, -0.1) is 0 Å². The number of hydrogen-bond acceptors (Lipinski definition) is 4. The quantitative estimate of drug-likeness (QED) is 0.869. The number of carbonyl (C=O) groups excluding carboxylic acids is 1. The van der Waals surface area contributed by atoms with Crippen molar-refractivity contribution in [1.82, 2.24) is 10.2 Å². The molecule has 1 amide bonds. The van der Waals surface area contributed by atoms with Gasteiger partial charge in [0.25, 0.3) is 0 Å². The van der Waals surface area contributed by atoms with E-state index in [4.69, 9.17) is 10.2 Å². The van der Waals surface area contributed by atoms with Gasteiger partial charge >= 0.3 is 0 Å². The van der Waals surface area contributed by atoms with Gasteiger partial charge in [-0.3, -0.25) is 9.69 Å². The predicted octanol–water partition coefficient (Wildman–Crippen LogP) is 1.82. The lowest BCUT2D eigenvalue weighted by Crippen LogP contribution is -2.46. The van der Waals surface area contributed by atoms with E-state index < -0.39 is 0 Å². The second-order valence-electron chi connectivity index (χ2n) is 5.89. The van der Waals surface area contributed by atoms with Gasteiger partial charge in [-0.05, 0) is 51.4 Å². The first kappa shape index (κ1) is 16.0. The van der Waals surface area contributed by atoms with E-state index in [2.05, 4.69) is 17.1 Å². The lowest BCUT2D eigenvalue weighted by molar-refractivity contribution is -0.126. The summed E-state index contributed by atoms with van der Waals surface area (Å²) in [5.74, 6) is 2.14. The van der Waals surface area contributed by atoms with E-state index in [-0.39, 0.29) is 23.9 Å². The zero-order valence-corrected chi connectivity index (χ0v) is 13.3. The summed E-state index contributed by atoms with van der Waals surface area (Å²) >= 11 is 0. The van der Waals surface area contributed by atoms with E-state index in [1.165, 1.54) is 0 Å². The zero-order chi connectivity index (χ0) is 15.4. The van der Waals surface area contributed by atoms with E-state index in [0.717, 1.165) is 43.9 Å². The molecular formula is C16H27N3O2. The van der Waals surface area contributed by atoms with Crippen LogP contribution in [-0.4, -0.2) is 37.0 Å². The minimum atomic E-state index is 0.0482. The summed E-state index contributed by atoms with van der Waals surface area (Å²) in [6, 6.07) is 4.17. The van der Waals surface area contributed by atoms with Crippen molar-refractivity contribution in [2.45, 2.75) is 45.2 Å². The summed E-state index contributed by atoms with van der Waals surface area (Å²) in [5.41, 5.74) is 6.33. The van der Waals surface area contributed by atoms with E-state index in [1.807, 2.05) is 19.1 Å². The lowest BCUT2D eigenvalue weighted by Gasteiger charge is -2.38. The molecule has 0 radical (unpaired) electrons. The van der Waals surface area contributed by atoms with Crippen molar-refractivity contribution in [3.63, 3.8) is 0 Å². The number of piperidine rings is 1. The van der Waals surface area contributed by atoms with Crippen molar-refractivity contribution in [3.05, 3.63) is 23.7 Å². The molecule has 5 heteroatoms. The van der Waals surface area contributed by atoms with Crippen LogP contribution in [0.4, 0.5) is 0 Å². The van der Waals surface area contributed by atoms with Crippen LogP contribution in [-0.2, 0) is 4.79 Å². The molecule has 2 heterocycles. The molecule has 118 valence electrons. The third-order valence-electron chi connectivity index (χ3n) is 4.47. The van der Waals surface area contributed by atoms with E-state index in [1.54, 1.807) is 7.05 Å². The summed E-state index contributed by atoms with van der Waals surface area (Å²) < 4.78 is 5.82. The van der Waals surface area contributed by atoms with Gasteiger partial charge in [0.15, 0.2) is 0 Å². The molecule has 0 aliphatic carbocycles. The number of nitrogens with zero attached hydrogens (tertiary/aromatic N) is 1. The average molecular weight is 293 g/mol. The van der Waals surface area contributed by atoms with Crippen molar-refractivity contribution < 1.29 is 9.21 Å². The Morgan fingerprint density at radius 3 is 2.62 bits per heavy atom. The normalized spacial score (nSPS) is 20.2. The molecule has 1 saturated heterocycles. The maximum absolute atomic E-state index is 11.7. The van der Waals surface area contributed by atoms with Gasteiger partial charge < -0.3 is 15.5 Å². The minimum Gasteiger partial charge on any atom is -0.465 e. The molecule has 0 spiro atoms. The number of likely N-dealkylation sites (tertiary alicyclic amines) is 1. The van der Waals surface area contributed by atoms with Crippen LogP contribution in [0.2, 0.25) is 0 Å². The Morgan fingerprint density at radius 1 is 1.48 bits per heavy atom. The number of furan rings is 1. The Kier molecular flexibility index (Phi) is 5.42. The summed E-state index contributed by atoms with van der Waals surface area (Å²) in [4.78, 5) is 14.1. The summed E-state index contributed by atoms with van der Waals surface area (Å²) in [6.45, 7) is 5.83. The fourth-order valence-corrected chi connectivity index (χ4v) is 3.14. The van der Waals surface area contributed by atoms with Crippen LogP contribution in [0.3, 0.4) is 0 Å². The molecule has 1 fully saturated rings. The van der Waals surface area contributed by atoms with Crippen molar-refractivity contribution in [1.29, 1.82) is 0 Å². The lowest BCUT2D eigenvalue weighted by atomic mass is 9.92. The molecule has 0 saturated carbocycles. The zero-order valence-electron chi connectivity index (χ0n) is 13.3. The maximum Gasteiger partial charge on any atom is 0.222 e. The fraction of sp³-hybridized carbons (Fsp3) is 0.688. The van der Waals surface area contributed by atoms with Crippen LogP contribution >= 0.6 is 0 Å². The van der Waals surface area contributed by atoms with Crippen LogP contribution in [0.1, 0.15) is 43.7 Å². The number of nitrogens with one attached hydrogen (secondary N) is 1. The molecule has 1 aromatic heterocycles. The molecule has 1 aliphatic rings. The molecule has 3 N–H and O–H groups in total. The summed E-state index contributed by atoms with van der Waals surface area (Å²) in [7, 11) is 1.70. The first-order valence-corrected chi connectivity index (χ1v) is 7.84. The molecule has 21 heavy (non-hydrogen) atoms. The van der Waals surface area contributed by atoms with Gasteiger partial charge in [-0.2, -0.15) is 0 Å². The van der Waals surface area contributed by atoms with Gasteiger partial charge in [0.2, 0.25) is 5.91 Å². The SMILES string of the molecule is CCC(N)C(c1ccc(C)o1)N1CCC(C(=O)NC)CC1. The van der Waals surface area contributed by atoms with Crippen LogP contribution < -0.4 is 11.1 Å². The Hall–Kier alpha value is -1.33. The highest BCUT2D eigenvalue weighted by molar-refractivity contribution is 5.78. The van der Waals surface area contributed by atoms with Gasteiger partial charge in [0.1, 0.15) is 11.5 Å². The summed E-state index contributed by atoms with van der Waals surface area (Å²) in [5, 5.41) is 2.75. The standard InChI is InChI=1S/C16H27N3O2/c1-4-13(17)15(14-6-5-11(2)21-14)19-9-7-12(8-10-19)16(20)18-3/h5-6,12-13,15H,4,7-10,17H2,1-3H3,(H,18,20). The largest absolute Gasteiger partial charge is 0.465 e. The van der Waals surface area contributed by atoms with Crippen molar-refractivity contribution in [3.8, 4) is 0 Å². The number of carbonyl (C=O) groups is 1. The van der Waals surface area contributed by atoms with Crippen LogP contribution in [0.25, 0.3) is 0 Å². The van der Waals surface area contributed by atoms with Crippen molar-refractivity contribution in [2.24, 2.45) is 11.7 Å². The van der Waals surface area contributed by atoms with Crippen LogP contribution in [0.15, 0.2) is 16.5 Å². The summed E-state index contributed by atoms with van der Waals surface area (Å²) in [6.07, 6.45) is 2.67. The number of rotatable bonds is 5. The molecule has 1 aromatic rings. The maximum atomic E-state index is 11.7. The second kappa shape index (κ2) is 7.09. The van der Waals surface area contributed by atoms with Gasteiger partial charge in [0.05, 0.1) is 6.04 Å². The molecule has 2 rings (SSSR count). The number of aryl methyl sites for hydroxylation is 1. The molecule has 0 aromatic carbocycles. The number of nitrogens with two attached hydrogens (primary N) is 1. The highest BCUT2D eigenvalue weighted by Gasteiger charge is 2.33. The van der Waals surface area contributed by atoms with E-state index in [0.29, 0.717) is 0 Å². The first-order valence-electron chi connectivity index (χ1n) is 7.84. The van der Waals surface area contributed by atoms with Crippen LogP contribution in [0.5, 0.6) is 0 Å². The first-order chi connectivity index (χ1) is 10.1. The van der Waals surface area contributed by atoms with Crippen LogP contribution in [0, 0.1) is 12.8 Å². The monoisotopic (exact) mass is 293 g/mol. The minimum absolute atomic E-state index is 0.0482. The number of hydrogen-bond donors (Lipinski definition) is 2. The Bertz CT molecular complexity index is 464. The van der Waals surface area contributed by atoms with E-state index in [9.17, 15) is 4.79 Å². The molecule has 2 unspecified atom stereocenters. The molecule has 5 nitrogen and oxygen atoms in total. The predicted molar refractivity (Wildman–Crippen MR) is 82.8 cm³/mol. The Morgan fingerprint density at radius 2 is 2.14 bits per heavy atom.